The number of hydrogen-bond donors (Lipinski definition) is 1. The Morgan fingerprint density at radius 2 is 1.74 bits per heavy atom. The molecule has 104 valence electrons. The molecular weight excluding hydrogens is 236 g/mol. The molecule has 0 unspecified atom stereocenters. The van der Waals surface area contributed by atoms with E-state index in [1.807, 2.05) is 17.0 Å². The molecule has 1 aromatic carbocycles. The molecule has 0 aliphatic carbocycles. The Morgan fingerprint density at radius 3 is 2.26 bits per heavy atom. The van der Waals surface area contributed by atoms with E-state index >= 15 is 0 Å². The van der Waals surface area contributed by atoms with Crippen LogP contribution in [0.5, 0.6) is 0 Å². The molecule has 1 saturated heterocycles. The first-order valence-corrected chi connectivity index (χ1v) is 7.05. The molecule has 0 bridgehead atoms. The molecular formula is C16H24N2O. The third-order valence-electron chi connectivity index (χ3n) is 3.34. The number of piperazine rings is 1. The van der Waals surface area contributed by atoms with E-state index in [-0.39, 0.29) is 11.3 Å². The summed E-state index contributed by atoms with van der Waals surface area (Å²) < 4.78 is 0. The van der Waals surface area contributed by atoms with Crippen molar-refractivity contribution in [2.75, 3.05) is 26.2 Å². The molecule has 1 aliphatic heterocycles. The zero-order valence-electron chi connectivity index (χ0n) is 12.2. The summed E-state index contributed by atoms with van der Waals surface area (Å²) in [6.45, 7) is 10.1. The highest BCUT2D eigenvalue weighted by Gasteiger charge is 2.18. The highest BCUT2D eigenvalue weighted by Crippen LogP contribution is 2.21. The standard InChI is InChI=1S/C16H24N2O/c1-16(2,3)12-13-4-6-14(7-5-13)15(19)18-10-8-17-9-11-18/h4-7,17H,8-12H2,1-3H3. The van der Waals surface area contributed by atoms with Crippen LogP contribution >= 0.6 is 0 Å². The first kappa shape index (κ1) is 14.1. The predicted octanol–water partition coefficient (Wildman–Crippen LogP) is 2.32. The van der Waals surface area contributed by atoms with Gasteiger partial charge in [-0.05, 0) is 29.5 Å². The minimum atomic E-state index is 0.156. The molecule has 2 rings (SSSR count). The molecule has 0 aromatic heterocycles. The minimum Gasteiger partial charge on any atom is -0.336 e. The summed E-state index contributed by atoms with van der Waals surface area (Å²) in [4.78, 5) is 14.2. The third-order valence-corrected chi connectivity index (χ3v) is 3.34. The van der Waals surface area contributed by atoms with Crippen molar-refractivity contribution in [3.05, 3.63) is 35.4 Å². The van der Waals surface area contributed by atoms with Gasteiger partial charge in [0.05, 0.1) is 0 Å². The second-order valence-electron chi connectivity index (χ2n) is 6.48. The van der Waals surface area contributed by atoms with Crippen LogP contribution in [-0.2, 0) is 6.42 Å². The molecule has 0 spiro atoms. The van der Waals surface area contributed by atoms with Gasteiger partial charge in [-0.15, -0.1) is 0 Å². The average Bonchev–Trinajstić information content (AvgIpc) is 2.38. The SMILES string of the molecule is CC(C)(C)Cc1ccc(C(=O)N2CCNCC2)cc1. The van der Waals surface area contributed by atoms with Crippen LogP contribution in [0.25, 0.3) is 0 Å². The van der Waals surface area contributed by atoms with E-state index < -0.39 is 0 Å². The van der Waals surface area contributed by atoms with Crippen molar-refractivity contribution in [2.45, 2.75) is 27.2 Å². The van der Waals surface area contributed by atoms with Gasteiger partial charge in [0.25, 0.3) is 5.91 Å². The molecule has 1 aliphatic rings. The fraction of sp³-hybridized carbons (Fsp3) is 0.562. The number of amides is 1. The molecule has 0 radical (unpaired) electrons. The molecule has 1 fully saturated rings. The first-order chi connectivity index (χ1) is 8.96. The van der Waals surface area contributed by atoms with Crippen LogP contribution in [0.4, 0.5) is 0 Å². The Kier molecular flexibility index (Phi) is 4.25. The molecule has 0 saturated carbocycles. The van der Waals surface area contributed by atoms with E-state index in [9.17, 15) is 4.79 Å². The minimum absolute atomic E-state index is 0.156. The van der Waals surface area contributed by atoms with Crippen LogP contribution in [0.15, 0.2) is 24.3 Å². The van der Waals surface area contributed by atoms with Gasteiger partial charge in [-0.25, -0.2) is 0 Å². The van der Waals surface area contributed by atoms with E-state index in [0.717, 1.165) is 38.2 Å². The van der Waals surface area contributed by atoms with E-state index in [4.69, 9.17) is 0 Å². The maximum Gasteiger partial charge on any atom is 0.253 e. The van der Waals surface area contributed by atoms with Gasteiger partial charge in [0.15, 0.2) is 0 Å². The monoisotopic (exact) mass is 260 g/mol. The fourth-order valence-corrected chi connectivity index (χ4v) is 2.43. The van der Waals surface area contributed by atoms with Crippen molar-refractivity contribution >= 4 is 5.91 Å². The molecule has 1 aromatic rings. The Balaban J connectivity index is 2.03. The number of nitrogens with zero attached hydrogens (tertiary/aromatic N) is 1. The van der Waals surface area contributed by atoms with Crippen LogP contribution in [0.1, 0.15) is 36.7 Å². The lowest BCUT2D eigenvalue weighted by Gasteiger charge is -2.27. The van der Waals surface area contributed by atoms with Crippen molar-refractivity contribution in [3.8, 4) is 0 Å². The van der Waals surface area contributed by atoms with Gasteiger partial charge < -0.3 is 10.2 Å². The summed E-state index contributed by atoms with van der Waals surface area (Å²) in [6.07, 6.45) is 1.04. The fourth-order valence-electron chi connectivity index (χ4n) is 2.43. The lowest BCUT2D eigenvalue weighted by atomic mass is 9.88. The number of nitrogens with one attached hydrogen (secondary N) is 1. The van der Waals surface area contributed by atoms with Crippen LogP contribution in [0, 0.1) is 5.41 Å². The maximum absolute atomic E-state index is 12.3. The van der Waals surface area contributed by atoms with Gasteiger partial charge in [0, 0.05) is 31.7 Å². The molecule has 1 N–H and O–H groups in total. The van der Waals surface area contributed by atoms with Crippen LogP contribution < -0.4 is 5.32 Å². The Morgan fingerprint density at radius 1 is 1.16 bits per heavy atom. The Bertz CT molecular complexity index is 425. The molecule has 3 nitrogen and oxygen atoms in total. The maximum atomic E-state index is 12.3. The second kappa shape index (κ2) is 5.74. The topological polar surface area (TPSA) is 32.3 Å². The number of rotatable bonds is 2. The number of carbonyl (C=O) groups excluding carboxylic acids is 1. The summed E-state index contributed by atoms with van der Waals surface area (Å²) in [5, 5.41) is 3.26. The van der Waals surface area contributed by atoms with Crippen molar-refractivity contribution < 1.29 is 4.79 Å². The van der Waals surface area contributed by atoms with Crippen LogP contribution in [-0.4, -0.2) is 37.0 Å². The summed E-state index contributed by atoms with van der Waals surface area (Å²) in [6, 6.07) is 8.10. The number of benzene rings is 1. The molecule has 0 atom stereocenters. The second-order valence-corrected chi connectivity index (χ2v) is 6.48. The van der Waals surface area contributed by atoms with E-state index in [1.54, 1.807) is 0 Å². The van der Waals surface area contributed by atoms with E-state index in [2.05, 4.69) is 38.2 Å². The predicted molar refractivity (Wildman–Crippen MR) is 78.4 cm³/mol. The Labute approximate surface area is 116 Å². The summed E-state index contributed by atoms with van der Waals surface area (Å²) in [5.41, 5.74) is 2.38. The quantitative estimate of drug-likeness (QED) is 0.885. The molecule has 1 heterocycles. The first-order valence-electron chi connectivity index (χ1n) is 7.05. The van der Waals surface area contributed by atoms with Crippen molar-refractivity contribution in [1.82, 2.24) is 10.2 Å². The van der Waals surface area contributed by atoms with Gasteiger partial charge in [-0.1, -0.05) is 32.9 Å². The molecule has 1 amide bonds. The third kappa shape index (κ3) is 4.06. The van der Waals surface area contributed by atoms with E-state index in [1.165, 1.54) is 5.56 Å². The van der Waals surface area contributed by atoms with E-state index in [0.29, 0.717) is 0 Å². The average molecular weight is 260 g/mol. The van der Waals surface area contributed by atoms with Crippen molar-refractivity contribution in [2.24, 2.45) is 5.41 Å². The van der Waals surface area contributed by atoms with Crippen LogP contribution in [0.2, 0.25) is 0 Å². The van der Waals surface area contributed by atoms with Gasteiger partial charge >= 0.3 is 0 Å². The Hall–Kier alpha value is -1.35. The lowest BCUT2D eigenvalue weighted by Crippen LogP contribution is -2.46. The molecule has 19 heavy (non-hydrogen) atoms. The van der Waals surface area contributed by atoms with Gasteiger partial charge in [-0.2, -0.15) is 0 Å². The number of carbonyl (C=O) groups is 1. The normalized spacial score (nSPS) is 16.5. The van der Waals surface area contributed by atoms with Gasteiger partial charge in [0.2, 0.25) is 0 Å². The van der Waals surface area contributed by atoms with Crippen molar-refractivity contribution in [3.63, 3.8) is 0 Å². The van der Waals surface area contributed by atoms with Gasteiger partial charge in [-0.3, -0.25) is 4.79 Å². The number of hydrogen-bond acceptors (Lipinski definition) is 2. The molecule has 3 heteroatoms. The van der Waals surface area contributed by atoms with Gasteiger partial charge in [0.1, 0.15) is 0 Å². The lowest BCUT2D eigenvalue weighted by molar-refractivity contribution is 0.0736. The summed E-state index contributed by atoms with van der Waals surface area (Å²) in [5.74, 6) is 0.156. The zero-order chi connectivity index (χ0) is 13.9. The smallest absolute Gasteiger partial charge is 0.253 e. The highest BCUT2D eigenvalue weighted by atomic mass is 16.2. The van der Waals surface area contributed by atoms with Crippen LogP contribution in [0.3, 0.4) is 0 Å². The zero-order valence-corrected chi connectivity index (χ0v) is 12.2. The summed E-state index contributed by atoms with van der Waals surface area (Å²) >= 11 is 0. The van der Waals surface area contributed by atoms with Crippen molar-refractivity contribution in [1.29, 1.82) is 0 Å². The highest BCUT2D eigenvalue weighted by molar-refractivity contribution is 5.94. The largest absolute Gasteiger partial charge is 0.336 e. The summed E-state index contributed by atoms with van der Waals surface area (Å²) in [7, 11) is 0.